The molecule has 0 aromatic carbocycles. The lowest BCUT2D eigenvalue weighted by Gasteiger charge is -1.49. The van der Waals surface area contributed by atoms with E-state index in [0.717, 1.165) is 0 Å². The highest BCUT2D eigenvalue weighted by molar-refractivity contribution is 4.84. The summed E-state index contributed by atoms with van der Waals surface area (Å²) in [6.07, 6.45) is 3.75. The van der Waals surface area contributed by atoms with Crippen LogP contribution in [0, 0.1) is 0 Å². The van der Waals surface area contributed by atoms with Crippen molar-refractivity contribution in [1.82, 2.24) is 4.98 Å². The van der Waals surface area contributed by atoms with E-state index in [0.29, 0.717) is 0 Å². The Labute approximate surface area is 35.4 Å². The van der Waals surface area contributed by atoms with E-state index in [1.165, 1.54) is 0 Å². The summed E-state index contributed by atoms with van der Waals surface area (Å²) in [5.41, 5.74) is 0. The van der Waals surface area contributed by atoms with Crippen LogP contribution in [-0.4, -0.2) is 4.98 Å². The highest BCUT2D eigenvalue weighted by Crippen LogP contribution is 1.72. The zero-order valence-corrected chi connectivity index (χ0v) is 3.22. The van der Waals surface area contributed by atoms with E-state index in [1.54, 1.807) is 0 Å². The summed E-state index contributed by atoms with van der Waals surface area (Å²) in [6.45, 7) is 0. The van der Waals surface area contributed by atoms with Crippen molar-refractivity contribution in [2.24, 2.45) is 0 Å². The van der Waals surface area contributed by atoms with E-state index >= 15 is 0 Å². The molecule has 1 heterocycles. The van der Waals surface area contributed by atoms with Gasteiger partial charge >= 0.3 is 0 Å². The number of nitrogens with one attached hydrogen (secondary N) is 1. The molecule has 1 aromatic rings. The maximum Gasteiger partial charge on any atom is 0.000496 e. The minimum Gasteiger partial charge on any atom is -0.368 e. The fourth-order valence-corrected chi connectivity index (χ4v) is 0.278. The largest absolute Gasteiger partial charge is 0.368 e. The zero-order chi connectivity index (χ0) is 3.54. The molecule has 0 amide bonds. The quantitative estimate of drug-likeness (QED) is 0.488. The Hall–Kier alpha value is -0.790. The zero-order valence-electron chi connectivity index (χ0n) is 3.22. The molecule has 34 valence electrons. The van der Waals surface area contributed by atoms with Crippen molar-refractivity contribution in [2.45, 2.75) is 0 Å². The van der Waals surface area contributed by atoms with Crippen LogP contribution in [0.15, 0.2) is 24.5 Å². The van der Waals surface area contributed by atoms with Crippen LogP contribution in [0.4, 0.5) is 4.70 Å². The van der Waals surface area contributed by atoms with Crippen LogP contribution in [0.1, 0.15) is 0 Å². The van der Waals surface area contributed by atoms with Crippen molar-refractivity contribution < 1.29 is 4.70 Å². The maximum absolute atomic E-state index is 2.86. The minimum absolute atomic E-state index is 0. The first-order valence-corrected chi connectivity index (χ1v) is 1.58. The minimum atomic E-state index is 0. The third-order valence-corrected chi connectivity index (χ3v) is 0.496. The number of hydrogen-bond donors (Lipinski definition) is 1. The van der Waals surface area contributed by atoms with Crippen molar-refractivity contribution in [3.05, 3.63) is 24.5 Å². The van der Waals surface area contributed by atoms with Gasteiger partial charge < -0.3 is 4.98 Å². The monoisotopic (exact) mass is 87.0 g/mol. The van der Waals surface area contributed by atoms with E-state index < -0.39 is 0 Å². The summed E-state index contributed by atoms with van der Waals surface area (Å²) >= 11 is 0. The second-order valence-electron chi connectivity index (χ2n) is 0.885. The predicted molar refractivity (Wildman–Crippen MR) is 23.3 cm³/mol. The molecule has 1 aromatic heterocycles. The Kier molecular flexibility index (Phi) is 2.13. The third kappa shape index (κ3) is 0.885. The molecule has 1 N–H and O–H groups in total. The standard InChI is InChI=1S/C4H5N.FH/c1-2-4-5-3-1;/h1-5H;1H. The highest BCUT2D eigenvalue weighted by Gasteiger charge is 1.55. The summed E-state index contributed by atoms with van der Waals surface area (Å²) in [7, 11) is 0. The first-order valence-electron chi connectivity index (χ1n) is 1.58. The molecular formula is C4H6FN. The molecule has 0 atom stereocenters. The van der Waals surface area contributed by atoms with Gasteiger partial charge in [-0.2, -0.15) is 0 Å². The Balaban J connectivity index is 0.000000250. The van der Waals surface area contributed by atoms with Crippen LogP contribution in [0.3, 0.4) is 0 Å². The molecule has 0 saturated carbocycles. The smallest absolute Gasteiger partial charge is 0.000496 e. The molecule has 0 spiro atoms. The fraction of sp³-hybridized carbons (Fsp3) is 0. The van der Waals surface area contributed by atoms with E-state index in [1.807, 2.05) is 24.5 Å². The molecule has 0 aliphatic carbocycles. The van der Waals surface area contributed by atoms with E-state index in [-0.39, 0.29) is 4.70 Å². The normalized spacial score (nSPS) is 6.67. The van der Waals surface area contributed by atoms with Crippen LogP contribution in [-0.2, 0) is 0 Å². The SMILES string of the molecule is F.c1cc[nH]c1. The van der Waals surface area contributed by atoms with Gasteiger partial charge in [-0.25, -0.2) is 0 Å². The van der Waals surface area contributed by atoms with E-state index in [4.69, 9.17) is 0 Å². The molecule has 0 bridgehead atoms. The second kappa shape index (κ2) is 2.45. The van der Waals surface area contributed by atoms with Gasteiger partial charge in [0, 0.05) is 12.4 Å². The van der Waals surface area contributed by atoms with E-state index in [9.17, 15) is 0 Å². The summed E-state index contributed by atoms with van der Waals surface area (Å²) < 4.78 is 0. The molecule has 0 aliphatic rings. The molecule has 1 nitrogen and oxygen atoms in total. The molecule has 2 heteroatoms. The number of aromatic amines is 1. The number of rotatable bonds is 0. The lowest BCUT2D eigenvalue weighted by molar-refractivity contribution is 1.11. The Morgan fingerprint density at radius 2 is 1.50 bits per heavy atom. The van der Waals surface area contributed by atoms with Crippen LogP contribution in [0.2, 0.25) is 0 Å². The van der Waals surface area contributed by atoms with Gasteiger partial charge in [-0.3, -0.25) is 4.70 Å². The lowest BCUT2D eigenvalue weighted by Crippen LogP contribution is -1.38. The fourth-order valence-electron chi connectivity index (χ4n) is 0.278. The summed E-state index contributed by atoms with van der Waals surface area (Å²) in [5, 5.41) is 0. The van der Waals surface area contributed by atoms with Gasteiger partial charge in [0.05, 0.1) is 0 Å². The third-order valence-electron chi connectivity index (χ3n) is 0.496. The second-order valence-corrected chi connectivity index (χ2v) is 0.885. The predicted octanol–water partition coefficient (Wildman–Crippen LogP) is 1.17. The number of hydrogen-bond acceptors (Lipinski definition) is 0. The van der Waals surface area contributed by atoms with Crippen LogP contribution >= 0.6 is 0 Å². The molecule has 0 fully saturated rings. The first kappa shape index (κ1) is 5.21. The molecule has 6 heavy (non-hydrogen) atoms. The maximum atomic E-state index is 2.86. The number of halogens is 1. The summed E-state index contributed by atoms with van der Waals surface area (Å²) in [5.74, 6) is 0. The Morgan fingerprint density at radius 1 is 1.00 bits per heavy atom. The summed E-state index contributed by atoms with van der Waals surface area (Å²) in [4.78, 5) is 2.86. The van der Waals surface area contributed by atoms with Crippen LogP contribution in [0.25, 0.3) is 0 Å². The topological polar surface area (TPSA) is 15.8 Å². The Bertz CT molecular complexity index is 64.0. The van der Waals surface area contributed by atoms with E-state index in [2.05, 4.69) is 4.98 Å². The van der Waals surface area contributed by atoms with Gasteiger partial charge in [-0.05, 0) is 12.1 Å². The van der Waals surface area contributed by atoms with Gasteiger partial charge in [0.1, 0.15) is 0 Å². The van der Waals surface area contributed by atoms with Crippen molar-refractivity contribution in [3.63, 3.8) is 0 Å². The highest BCUT2D eigenvalue weighted by atomic mass is 19.0. The van der Waals surface area contributed by atoms with Crippen LogP contribution in [0.5, 0.6) is 0 Å². The molecular weight excluding hydrogens is 81.0 g/mol. The molecule has 0 saturated heterocycles. The van der Waals surface area contributed by atoms with Crippen molar-refractivity contribution >= 4 is 0 Å². The van der Waals surface area contributed by atoms with Crippen molar-refractivity contribution in [1.29, 1.82) is 0 Å². The molecule has 0 unspecified atom stereocenters. The van der Waals surface area contributed by atoms with Gasteiger partial charge in [-0.15, -0.1) is 0 Å². The molecule has 0 aliphatic heterocycles. The Morgan fingerprint density at radius 3 is 1.67 bits per heavy atom. The van der Waals surface area contributed by atoms with Gasteiger partial charge in [-0.1, -0.05) is 0 Å². The van der Waals surface area contributed by atoms with Crippen molar-refractivity contribution in [3.8, 4) is 0 Å². The number of aromatic nitrogens is 1. The molecule has 0 radical (unpaired) electrons. The summed E-state index contributed by atoms with van der Waals surface area (Å²) in [6, 6.07) is 3.89. The van der Waals surface area contributed by atoms with Gasteiger partial charge in [0.15, 0.2) is 0 Å². The lowest BCUT2D eigenvalue weighted by atomic mass is 10.7. The van der Waals surface area contributed by atoms with Gasteiger partial charge in [0.2, 0.25) is 0 Å². The first-order chi connectivity index (χ1) is 2.50. The van der Waals surface area contributed by atoms with Crippen LogP contribution < -0.4 is 0 Å². The average molecular weight is 87.1 g/mol. The van der Waals surface area contributed by atoms with Crippen molar-refractivity contribution in [2.75, 3.05) is 0 Å². The molecule has 1 rings (SSSR count). The average Bonchev–Trinajstić information content (AvgIpc) is 1.76. The van der Waals surface area contributed by atoms with Gasteiger partial charge in [0.25, 0.3) is 0 Å². The number of H-pyrrole nitrogens is 1.